The highest BCUT2D eigenvalue weighted by atomic mass is 16.2. The number of benzene rings is 1. The third-order valence-electron chi connectivity index (χ3n) is 6.86. The molecule has 2 atom stereocenters. The molecule has 2 aliphatic carbocycles. The quantitative estimate of drug-likeness (QED) is 0.633. The van der Waals surface area contributed by atoms with Gasteiger partial charge in [0, 0.05) is 30.4 Å². The van der Waals surface area contributed by atoms with E-state index in [1.165, 1.54) is 24.8 Å². The SMILES string of the molecule is CCN(C(=O)c1cc2ncccc2[nH]1)C1CCCC(NC2(c3ccccc3)CC2)C1. The molecular formula is C25H30N4O. The lowest BCUT2D eigenvalue weighted by molar-refractivity contribution is 0.0618. The molecule has 0 saturated heterocycles. The van der Waals surface area contributed by atoms with Gasteiger partial charge in [-0.05, 0) is 69.2 Å². The highest BCUT2D eigenvalue weighted by Gasteiger charge is 2.46. The Labute approximate surface area is 177 Å². The molecule has 2 aromatic heterocycles. The van der Waals surface area contributed by atoms with Gasteiger partial charge in [-0.1, -0.05) is 30.3 Å². The van der Waals surface area contributed by atoms with Crippen molar-refractivity contribution in [1.29, 1.82) is 0 Å². The zero-order valence-electron chi connectivity index (χ0n) is 17.6. The molecule has 2 N–H and O–H groups in total. The van der Waals surface area contributed by atoms with Gasteiger partial charge in [-0.3, -0.25) is 9.78 Å². The molecule has 3 aromatic rings. The molecule has 5 rings (SSSR count). The molecule has 0 aliphatic heterocycles. The fourth-order valence-electron chi connectivity index (χ4n) is 5.16. The molecule has 2 unspecified atom stereocenters. The number of aromatic nitrogens is 2. The molecule has 5 heteroatoms. The molecular weight excluding hydrogens is 372 g/mol. The maximum Gasteiger partial charge on any atom is 0.270 e. The highest BCUT2D eigenvalue weighted by molar-refractivity contribution is 5.97. The van der Waals surface area contributed by atoms with Gasteiger partial charge in [-0.15, -0.1) is 0 Å². The van der Waals surface area contributed by atoms with E-state index < -0.39 is 0 Å². The Morgan fingerprint density at radius 1 is 1.20 bits per heavy atom. The summed E-state index contributed by atoms with van der Waals surface area (Å²) in [7, 11) is 0. The number of carbonyl (C=O) groups excluding carboxylic acids is 1. The van der Waals surface area contributed by atoms with Crippen LogP contribution < -0.4 is 5.32 Å². The molecule has 156 valence electrons. The number of rotatable bonds is 6. The number of hydrogen-bond acceptors (Lipinski definition) is 3. The van der Waals surface area contributed by atoms with E-state index in [0.29, 0.717) is 11.7 Å². The van der Waals surface area contributed by atoms with Crippen LogP contribution in [0.5, 0.6) is 0 Å². The van der Waals surface area contributed by atoms with Crippen LogP contribution in [-0.2, 0) is 5.54 Å². The summed E-state index contributed by atoms with van der Waals surface area (Å²) >= 11 is 0. The molecule has 2 fully saturated rings. The molecule has 2 aliphatic rings. The van der Waals surface area contributed by atoms with Crippen LogP contribution in [0.1, 0.15) is 61.5 Å². The molecule has 5 nitrogen and oxygen atoms in total. The minimum absolute atomic E-state index is 0.0883. The second kappa shape index (κ2) is 7.88. The summed E-state index contributed by atoms with van der Waals surface area (Å²) in [5.41, 5.74) is 3.96. The van der Waals surface area contributed by atoms with E-state index in [-0.39, 0.29) is 17.5 Å². The van der Waals surface area contributed by atoms with Crippen molar-refractivity contribution in [3.05, 3.63) is 66.0 Å². The van der Waals surface area contributed by atoms with Crippen LogP contribution in [0.25, 0.3) is 11.0 Å². The minimum atomic E-state index is 0.0883. The first kappa shape index (κ1) is 19.3. The first-order chi connectivity index (χ1) is 14.7. The van der Waals surface area contributed by atoms with E-state index in [1.807, 2.05) is 18.2 Å². The van der Waals surface area contributed by atoms with Crippen molar-refractivity contribution in [2.24, 2.45) is 0 Å². The van der Waals surface area contributed by atoms with Gasteiger partial charge in [0.1, 0.15) is 5.69 Å². The van der Waals surface area contributed by atoms with Crippen molar-refractivity contribution in [3.8, 4) is 0 Å². The van der Waals surface area contributed by atoms with Crippen LogP contribution in [0.4, 0.5) is 0 Å². The smallest absolute Gasteiger partial charge is 0.270 e. The predicted octanol–water partition coefficient (Wildman–Crippen LogP) is 4.62. The number of nitrogens with zero attached hydrogens (tertiary/aromatic N) is 2. The van der Waals surface area contributed by atoms with Crippen LogP contribution in [0.3, 0.4) is 0 Å². The van der Waals surface area contributed by atoms with E-state index in [0.717, 1.165) is 36.8 Å². The molecule has 0 bridgehead atoms. The average molecular weight is 403 g/mol. The summed E-state index contributed by atoms with van der Waals surface area (Å²) in [5, 5.41) is 3.98. The van der Waals surface area contributed by atoms with Gasteiger partial charge in [-0.2, -0.15) is 0 Å². The number of H-pyrrole nitrogens is 1. The molecule has 0 spiro atoms. The van der Waals surface area contributed by atoms with Crippen molar-refractivity contribution in [2.75, 3.05) is 6.54 Å². The van der Waals surface area contributed by atoms with Crippen LogP contribution in [0, 0.1) is 0 Å². The molecule has 1 aromatic carbocycles. The topological polar surface area (TPSA) is 61.0 Å². The van der Waals surface area contributed by atoms with Crippen molar-refractivity contribution in [2.45, 2.75) is 63.1 Å². The zero-order valence-corrected chi connectivity index (χ0v) is 17.6. The second-order valence-electron chi connectivity index (χ2n) is 8.82. The van der Waals surface area contributed by atoms with E-state index in [1.54, 1.807) is 6.20 Å². The van der Waals surface area contributed by atoms with E-state index in [9.17, 15) is 4.79 Å². The Morgan fingerprint density at radius 3 is 2.77 bits per heavy atom. The van der Waals surface area contributed by atoms with Gasteiger partial charge in [0.15, 0.2) is 0 Å². The molecule has 0 radical (unpaired) electrons. The van der Waals surface area contributed by atoms with Gasteiger partial charge in [0.25, 0.3) is 5.91 Å². The summed E-state index contributed by atoms with van der Waals surface area (Å²) < 4.78 is 0. The highest BCUT2D eigenvalue weighted by Crippen LogP contribution is 2.46. The average Bonchev–Trinajstić information content (AvgIpc) is 3.43. The minimum Gasteiger partial charge on any atom is -0.349 e. The lowest BCUT2D eigenvalue weighted by atomic mass is 9.88. The number of pyridine rings is 1. The van der Waals surface area contributed by atoms with Gasteiger partial charge in [0.2, 0.25) is 0 Å². The first-order valence-corrected chi connectivity index (χ1v) is 11.3. The Kier molecular flexibility index (Phi) is 5.07. The van der Waals surface area contributed by atoms with E-state index in [2.05, 4.69) is 57.4 Å². The number of aromatic amines is 1. The normalized spacial score (nSPS) is 22.7. The molecule has 1 amide bonds. The zero-order chi connectivity index (χ0) is 20.6. The second-order valence-corrected chi connectivity index (χ2v) is 8.82. The Morgan fingerprint density at radius 2 is 2.03 bits per heavy atom. The standard InChI is InChI=1S/C25H30N4O/c1-2-29(24(30)23-17-22-21(27-23)12-7-15-26-22)20-11-6-10-19(16-20)28-25(13-14-25)18-8-4-3-5-9-18/h3-5,7-9,12,15,17,19-20,27-28H,2,6,10-11,13-14,16H2,1H3. The van der Waals surface area contributed by atoms with Crippen LogP contribution >= 0.6 is 0 Å². The third kappa shape index (κ3) is 3.63. The third-order valence-corrected chi connectivity index (χ3v) is 6.86. The fourth-order valence-corrected chi connectivity index (χ4v) is 5.16. The van der Waals surface area contributed by atoms with Crippen LogP contribution in [0.2, 0.25) is 0 Å². The van der Waals surface area contributed by atoms with Gasteiger partial charge in [-0.25, -0.2) is 0 Å². The van der Waals surface area contributed by atoms with Crippen molar-refractivity contribution in [1.82, 2.24) is 20.2 Å². The predicted molar refractivity (Wildman–Crippen MR) is 119 cm³/mol. The Bertz CT molecular complexity index is 991. The molecule has 2 saturated carbocycles. The summed E-state index contributed by atoms with van der Waals surface area (Å²) in [4.78, 5) is 23.0. The number of amides is 1. The lowest BCUT2D eigenvalue weighted by Gasteiger charge is -2.38. The Balaban J connectivity index is 1.30. The maximum absolute atomic E-state index is 13.3. The van der Waals surface area contributed by atoms with Crippen molar-refractivity contribution >= 4 is 16.9 Å². The number of carbonyl (C=O) groups is 1. The fraction of sp³-hybridized carbons (Fsp3) is 0.440. The number of nitrogens with one attached hydrogen (secondary N) is 2. The largest absolute Gasteiger partial charge is 0.349 e. The van der Waals surface area contributed by atoms with Crippen molar-refractivity contribution < 1.29 is 4.79 Å². The molecule has 2 heterocycles. The summed E-state index contributed by atoms with van der Waals surface area (Å²) in [6.07, 6.45) is 8.62. The Hall–Kier alpha value is -2.66. The van der Waals surface area contributed by atoms with Crippen LogP contribution in [-0.4, -0.2) is 39.4 Å². The molecule has 30 heavy (non-hydrogen) atoms. The number of fused-ring (bicyclic) bond motifs is 1. The summed E-state index contributed by atoms with van der Waals surface area (Å²) in [5.74, 6) is 0.0883. The summed E-state index contributed by atoms with van der Waals surface area (Å²) in [6.45, 7) is 2.81. The monoisotopic (exact) mass is 402 g/mol. The van der Waals surface area contributed by atoms with Crippen molar-refractivity contribution in [3.63, 3.8) is 0 Å². The van der Waals surface area contributed by atoms with Gasteiger partial charge >= 0.3 is 0 Å². The van der Waals surface area contributed by atoms with Crippen LogP contribution in [0.15, 0.2) is 54.7 Å². The van der Waals surface area contributed by atoms with E-state index >= 15 is 0 Å². The maximum atomic E-state index is 13.3. The van der Waals surface area contributed by atoms with E-state index in [4.69, 9.17) is 0 Å². The summed E-state index contributed by atoms with van der Waals surface area (Å²) in [6, 6.07) is 17.3. The van der Waals surface area contributed by atoms with Gasteiger partial charge < -0.3 is 15.2 Å². The first-order valence-electron chi connectivity index (χ1n) is 11.3. The lowest BCUT2D eigenvalue weighted by Crippen LogP contribution is -2.49. The number of hydrogen-bond donors (Lipinski definition) is 2. The van der Waals surface area contributed by atoms with Gasteiger partial charge in [0.05, 0.1) is 11.0 Å².